The van der Waals surface area contributed by atoms with E-state index in [0.29, 0.717) is 0 Å². The number of allylic oxidation sites excluding steroid dienone is 3. The number of hydrogen-bond acceptors (Lipinski definition) is 3. The molecule has 1 unspecified atom stereocenters. The SMILES string of the molecule is CCC1/C=C(/c2cccc3c(-c4cccc5oc6ccc(-c7ccccc7)cc6c45)cccc23)N=C(c2ccccc2)CCC(C)=C1c1cccc2sc3ccccc3c12. The molecule has 0 bridgehead atoms. The molecule has 11 rings (SSSR count). The van der Waals surface area contributed by atoms with E-state index in [1.165, 1.54) is 75.5 Å². The van der Waals surface area contributed by atoms with Crippen LogP contribution in [0.3, 0.4) is 0 Å². The quantitative estimate of drug-likeness (QED) is 0.165. The molecule has 1 aliphatic heterocycles. The van der Waals surface area contributed by atoms with Crippen molar-refractivity contribution >= 4 is 81.2 Å². The highest BCUT2D eigenvalue weighted by atomic mass is 32.1. The summed E-state index contributed by atoms with van der Waals surface area (Å²) < 4.78 is 9.20. The van der Waals surface area contributed by atoms with E-state index in [9.17, 15) is 0 Å². The normalized spacial score (nSPS) is 15.9. The predicted molar refractivity (Wildman–Crippen MR) is 258 cm³/mol. The highest BCUT2D eigenvalue weighted by Crippen LogP contribution is 2.45. The summed E-state index contributed by atoms with van der Waals surface area (Å²) in [5.41, 5.74) is 15.2. The lowest BCUT2D eigenvalue weighted by Gasteiger charge is -2.21. The van der Waals surface area contributed by atoms with Crippen molar-refractivity contribution in [3.63, 3.8) is 0 Å². The van der Waals surface area contributed by atoms with Crippen LogP contribution in [0, 0.1) is 5.92 Å². The monoisotopic (exact) mass is 789 g/mol. The molecule has 0 N–H and O–H groups in total. The van der Waals surface area contributed by atoms with Gasteiger partial charge in [0.05, 0.1) is 5.70 Å². The number of thiophene rings is 1. The molecule has 60 heavy (non-hydrogen) atoms. The summed E-state index contributed by atoms with van der Waals surface area (Å²) in [7, 11) is 0. The van der Waals surface area contributed by atoms with Crippen LogP contribution in [0.25, 0.3) is 86.4 Å². The third kappa shape index (κ3) is 6.20. The van der Waals surface area contributed by atoms with Gasteiger partial charge in [-0.2, -0.15) is 0 Å². The molecule has 3 heterocycles. The smallest absolute Gasteiger partial charge is 0.136 e. The van der Waals surface area contributed by atoms with Crippen molar-refractivity contribution in [1.29, 1.82) is 0 Å². The van der Waals surface area contributed by atoms with Gasteiger partial charge in [-0.15, -0.1) is 11.3 Å². The van der Waals surface area contributed by atoms with Gasteiger partial charge in [-0.1, -0.05) is 164 Å². The van der Waals surface area contributed by atoms with E-state index >= 15 is 0 Å². The van der Waals surface area contributed by atoms with Gasteiger partial charge in [-0.3, -0.25) is 4.99 Å². The number of nitrogens with zero attached hydrogens (tertiary/aromatic N) is 1. The van der Waals surface area contributed by atoms with Crippen molar-refractivity contribution < 1.29 is 4.42 Å². The third-order valence-corrected chi connectivity index (χ3v) is 13.6. The number of hydrogen-bond donors (Lipinski definition) is 0. The summed E-state index contributed by atoms with van der Waals surface area (Å²) in [4.78, 5) is 5.71. The van der Waals surface area contributed by atoms with Crippen LogP contribution in [0.15, 0.2) is 197 Å². The molecular weight excluding hydrogens is 747 g/mol. The average Bonchev–Trinajstić information content (AvgIpc) is 3.90. The molecule has 2 nitrogen and oxygen atoms in total. The van der Waals surface area contributed by atoms with Crippen LogP contribution in [0.4, 0.5) is 0 Å². The van der Waals surface area contributed by atoms with E-state index in [0.717, 1.165) is 58.2 Å². The lowest BCUT2D eigenvalue weighted by Crippen LogP contribution is -2.04. The fraction of sp³-hybridized carbons (Fsp3) is 0.105. The standard InChI is InChI=1S/C57H43NOS/c1-3-37-35-50(58-49(39-18-8-5-9-19-39)32-30-36(2)55(37)47-26-15-29-54-57(47)46-20-10-11-28-53(46)60-54)44-24-13-21-41-42(44)22-12-23-43(41)45-25-14-27-52-56(45)48-34-40(31-33-51(48)59-52)38-16-6-4-7-17-38/h4-29,31,33-35,37H,3,30,32H2,1-2H3/b50-35-,55-36?,58-49?. The molecule has 3 heteroatoms. The molecule has 0 aliphatic carbocycles. The van der Waals surface area contributed by atoms with Crippen LogP contribution >= 0.6 is 11.3 Å². The molecule has 0 saturated heterocycles. The second kappa shape index (κ2) is 15.1. The zero-order valence-corrected chi connectivity index (χ0v) is 34.6. The number of rotatable bonds is 6. The van der Waals surface area contributed by atoms with Crippen LogP contribution in [-0.2, 0) is 0 Å². The van der Waals surface area contributed by atoms with Crippen molar-refractivity contribution in [2.75, 3.05) is 0 Å². The Morgan fingerprint density at radius 1 is 0.517 bits per heavy atom. The maximum absolute atomic E-state index is 6.52. The van der Waals surface area contributed by atoms with E-state index in [2.05, 4.69) is 196 Å². The third-order valence-electron chi connectivity index (χ3n) is 12.5. The van der Waals surface area contributed by atoms with E-state index < -0.39 is 0 Å². The summed E-state index contributed by atoms with van der Waals surface area (Å²) in [6.45, 7) is 4.69. The van der Waals surface area contributed by atoms with Crippen LogP contribution in [0.5, 0.6) is 0 Å². The Morgan fingerprint density at radius 2 is 1.17 bits per heavy atom. The zero-order chi connectivity index (χ0) is 40.2. The minimum absolute atomic E-state index is 0.159. The minimum Gasteiger partial charge on any atom is -0.456 e. The van der Waals surface area contributed by atoms with Gasteiger partial charge in [0, 0.05) is 48.1 Å². The zero-order valence-electron chi connectivity index (χ0n) is 33.8. The second-order valence-corrected chi connectivity index (χ2v) is 17.1. The Balaban J connectivity index is 1.12. The second-order valence-electron chi connectivity index (χ2n) is 16.0. The lowest BCUT2D eigenvalue weighted by molar-refractivity contribution is 0.669. The first-order valence-corrected chi connectivity index (χ1v) is 21.9. The fourth-order valence-electron chi connectivity index (χ4n) is 9.64. The highest BCUT2D eigenvalue weighted by Gasteiger charge is 2.24. The summed E-state index contributed by atoms with van der Waals surface area (Å²) in [6.07, 6.45) is 5.23. The van der Waals surface area contributed by atoms with E-state index in [-0.39, 0.29) is 5.92 Å². The molecule has 288 valence electrons. The summed E-state index contributed by atoms with van der Waals surface area (Å²) in [6, 6.07) is 63.7. The van der Waals surface area contributed by atoms with Gasteiger partial charge in [-0.25, -0.2) is 0 Å². The Bertz CT molecular complexity index is 3360. The molecule has 0 saturated carbocycles. The van der Waals surface area contributed by atoms with Gasteiger partial charge in [0.1, 0.15) is 11.2 Å². The Labute approximate surface area is 354 Å². The van der Waals surface area contributed by atoms with Crippen molar-refractivity contribution in [2.45, 2.75) is 33.1 Å². The Hall–Kier alpha value is -6.81. The molecule has 0 fully saturated rings. The topological polar surface area (TPSA) is 25.5 Å². The Kier molecular flexibility index (Phi) is 9.13. The molecule has 0 amide bonds. The van der Waals surface area contributed by atoms with Crippen LogP contribution in [0.1, 0.15) is 49.8 Å². The van der Waals surface area contributed by atoms with E-state index in [1.807, 2.05) is 11.3 Å². The summed E-state index contributed by atoms with van der Waals surface area (Å²) >= 11 is 1.89. The molecule has 10 aromatic rings. The lowest BCUT2D eigenvalue weighted by atomic mass is 9.83. The number of aliphatic imine (C=N–C) groups is 1. The number of benzene rings is 8. The number of furan rings is 1. The van der Waals surface area contributed by atoms with E-state index in [4.69, 9.17) is 9.41 Å². The maximum Gasteiger partial charge on any atom is 0.136 e. The summed E-state index contributed by atoms with van der Waals surface area (Å²) in [5, 5.41) is 7.36. The maximum atomic E-state index is 6.52. The van der Waals surface area contributed by atoms with Crippen molar-refractivity contribution in [3.8, 4) is 22.3 Å². The van der Waals surface area contributed by atoms with Gasteiger partial charge < -0.3 is 4.42 Å². The molecule has 2 aromatic heterocycles. The predicted octanol–water partition coefficient (Wildman–Crippen LogP) is 16.6. The van der Waals surface area contributed by atoms with Crippen molar-refractivity contribution in [1.82, 2.24) is 0 Å². The minimum atomic E-state index is 0.159. The number of fused-ring (bicyclic) bond motifs is 7. The fourth-order valence-corrected chi connectivity index (χ4v) is 10.8. The average molecular weight is 790 g/mol. The summed E-state index contributed by atoms with van der Waals surface area (Å²) in [5.74, 6) is 0.159. The van der Waals surface area contributed by atoms with Crippen LogP contribution in [-0.4, -0.2) is 5.71 Å². The molecule has 0 spiro atoms. The molecule has 1 atom stereocenters. The molecular formula is C57H43NOS. The highest BCUT2D eigenvalue weighted by molar-refractivity contribution is 7.25. The first-order chi connectivity index (χ1) is 29.6. The van der Waals surface area contributed by atoms with Gasteiger partial charge in [0.2, 0.25) is 0 Å². The first kappa shape index (κ1) is 36.3. The molecule has 0 radical (unpaired) electrons. The van der Waals surface area contributed by atoms with E-state index in [1.54, 1.807) is 0 Å². The Morgan fingerprint density at radius 3 is 1.98 bits per heavy atom. The van der Waals surface area contributed by atoms with Gasteiger partial charge in [0.25, 0.3) is 0 Å². The van der Waals surface area contributed by atoms with Gasteiger partial charge in [0.15, 0.2) is 0 Å². The molecule has 8 aromatic carbocycles. The van der Waals surface area contributed by atoms with Crippen LogP contribution < -0.4 is 0 Å². The van der Waals surface area contributed by atoms with Crippen LogP contribution in [0.2, 0.25) is 0 Å². The van der Waals surface area contributed by atoms with Crippen molar-refractivity contribution in [3.05, 3.63) is 204 Å². The molecule has 1 aliphatic rings. The van der Waals surface area contributed by atoms with Gasteiger partial charge in [-0.05, 0) is 106 Å². The van der Waals surface area contributed by atoms with Crippen molar-refractivity contribution in [2.24, 2.45) is 10.9 Å². The first-order valence-electron chi connectivity index (χ1n) is 21.1. The van der Waals surface area contributed by atoms with Gasteiger partial charge >= 0.3 is 0 Å². The largest absolute Gasteiger partial charge is 0.456 e.